The highest BCUT2D eigenvalue weighted by Crippen LogP contribution is 2.33. The van der Waals surface area contributed by atoms with Crippen molar-refractivity contribution in [1.29, 1.82) is 0 Å². The van der Waals surface area contributed by atoms with E-state index in [-0.39, 0.29) is 22.6 Å². The molecule has 0 saturated carbocycles. The molecule has 1 unspecified atom stereocenters. The molecule has 1 rings (SSSR count). The van der Waals surface area contributed by atoms with Crippen LogP contribution in [0.5, 0.6) is 0 Å². The molecular weight excluding hydrogens is 248 g/mol. The molecule has 0 saturated heterocycles. The van der Waals surface area contributed by atoms with Gasteiger partial charge in [-0.2, -0.15) is 5.10 Å². The molecule has 0 spiro atoms. The van der Waals surface area contributed by atoms with Crippen molar-refractivity contribution < 1.29 is 9.66 Å². The van der Waals surface area contributed by atoms with Crippen molar-refractivity contribution in [2.75, 3.05) is 19.0 Å². The van der Waals surface area contributed by atoms with Crippen molar-refractivity contribution in [1.82, 2.24) is 9.78 Å². The van der Waals surface area contributed by atoms with E-state index in [0.717, 1.165) is 6.42 Å². The topological polar surface area (TPSA) is 82.2 Å². The molecule has 0 aromatic carbocycles. The van der Waals surface area contributed by atoms with Crippen LogP contribution in [0.3, 0.4) is 0 Å². The van der Waals surface area contributed by atoms with Gasteiger partial charge in [0.15, 0.2) is 0 Å². The maximum atomic E-state index is 11.3. The van der Waals surface area contributed by atoms with Crippen molar-refractivity contribution in [2.24, 2.45) is 7.05 Å². The summed E-state index contributed by atoms with van der Waals surface area (Å²) in [5.41, 5.74) is 0.564. The molecule has 7 heteroatoms. The molecule has 1 aromatic rings. The minimum absolute atomic E-state index is 0.00431. The van der Waals surface area contributed by atoms with Gasteiger partial charge in [0.1, 0.15) is 5.69 Å². The molecule has 1 aromatic heterocycles. The van der Waals surface area contributed by atoms with Crippen molar-refractivity contribution in [3.05, 3.63) is 15.8 Å². The third-order valence-corrected chi connectivity index (χ3v) is 2.98. The number of ether oxygens (including phenoxy) is 1. The van der Waals surface area contributed by atoms with Gasteiger partial charge in [0.05, 0.1) is 17.6 Å². The summed E-state index contributed by atoms with van der Waals surface area (Å²) in [7, 11) is 3.32. The molecule has 19 heavy (non-hydrogen) atoms. The molecule has 0 aliphatic carbocycles. The van der Waals surface area contributed by atoms with Crippen LogP contribution >= 0.6 is 0 Å². The lowest BCUT2D eigenvalue weighted by molar-refractivity contribution is -0.384. The van der Waals surface area contributed by atoms with E-state index in [1.54, 1.807) is 14.2 Å². The fourth-order valence-corrected chi connectivity index (χ4v) is 1.92. The Bertz CT molecular complexity index is 442. The molecule has 1 N–H and O–H groups in total. The number of anilines is 1. The second-order valence-electron chi connectivity index (χ2n) is 4.82. The highest BCUT2D eigenvalue weighted by atomic mass is 16.6. The largest absolute Gasteiger partial charge is 0.383 e. The van der Waals surface area contributed by atoms with E-state index in [0.29, 0.717) is 18.1 Å². The van der Waals surface area contributed by atoms with E-state index in [9.17, 15) is 10.1 Å². The lowest BCUT2D eigenvalue weighted by Gasteiger charge is -2.16. The molecule has 108 valence electrons. The number of aromatic nitrogens is 2. The van der Waals surface area contributed by atoms with E-state index < -0.39 is 0 Å². The maximum Gasteiger partial charge on any atom is 0.334 e. The van der Waals surface area contributed by atoms with Gasteiger partial charge in [-0.15, -0.1) is 0 Å². The van der Waals surface area contributed by atoms with Crippen LogP contribution in [0.1, 0.15) is 38.8 Å². The second kappa shape index (κ2) is 6.51. The summed E-state index contributed by atoms with van der Waals surface area (Å²) in [6, 6.07) is 0.0270. The van der Waals surface area contributed by atoms with Crippen molar-refractivity contribution in [2.45, 2.75) is 39.2 Å². The highest BCUT2D eigenvalue weighted by molar-refractivity contribution is 5.61. The molecule has 0 radical (unpaired) electrons. The zero-order valence-corrected chi connectivity index (χ0v) is 12.1. The predicted molar refractivity (Wildman–Crippen MR) is 73.5 cm³/mol. The lowest BCUT2D eigenvalue weighted by Crippen LogP contribution is -2.25. The first-order chi connectivity index (χ1) is 8.92. The minimum atomic E-state index is -0.371. The number of rotatable bonds is 7. The maximum absolute atomic E-state index is 11.3. The van der Waals surface area contributed by atoms with E-state index in [4.69, 9.17) is 4.74 Å². The first kappa shape index (κ1) is 15.4. The monoisotopic (exact) mass is 270 g/mol. The number of hydrogen-bond acceptors (Lipinski definition) is 5. The van der Waals surface area contributed by atoms with Crippen LogP contribution in [0.2, 0.25) is 0 Å². The summed E-state index contributed by atoms with van der Waals surface area (Å²) in [6.07, 6.45) is 0.813. The van der Waals surface area contributed by atoms with Crippen LogP contribution in [0.25, 0.3) is 0 Å². The standard InChI is InChI=1S/C12H22N4O3/c1-6-9(7-19-5)13-12-11(16(17)18)10(8(2)3)14-15(12)4/h8-9,13H,6-7H2,1-5H3. The fraction of sp³-hybridized carbons (Fsp3) is 0.750. The van der Waals surface area contributed by atoms with Crippen LogP contribution in [0.4, 0.5) is 11.5 Å². The van der Waals surface area contributed by atoms with E-state index in [2.05, 4.69) is 10.4 Å². The van der Waals surface area contributed by atoms with Crippen LogP contribution in [-0.4, -0.2) is 34.5 Å². The van der Waals surface area contributed by atoms with Gasteiger partial charge >= 0.3 is 5.69 Å². The van der Waals surface area contributed by atoms with Gasteiger partial charge in [-0.05, 0) is 6.42 Å². The number of nitro groups is 1. The van der Waals surface area contributed by atoms with E-state index >= 15 is 0 Å². The number of nitrogens with one attached hydrogen (secondary N) is 1. The third-order valence-electron chi connectivity index (χ3n) is 2.98. The van der Waals surface area contributed by atoms with Crippen molar-refractivity contribution >= 4 is 11.5 Å². The van der Waals surface area contributed by atoms with Gasteiger partial charge in [0, 0.05) is 20.1 Å². The Morgan fingerprint density at radius 1 is 1.53 bits per heavy atom. The fourth-order valence-electron chi connectivity index (χ4n) is 1.92. The molecule has 1 atom stereocenters. The zero-order chi connectivity index (χ0) is 14.6. The van der Waals surface area contributed by atoms with Gasteiger partial charge in [-0.3, -0.25) is 10.1 Å². The smallest absolute Gasteiger partial charge is 0.334 e. The van der Waals surface area contributed by atoms with Gasteiger partial charge in [0.25, 0.3) is 0 Å². The Labute approximate surface area is 113 Å². The molecular formula is C12H22N4O3. The van der Waals surface area contributed by atoms with Crippen LogP contribution in [-0.2, 0) is 11.8 Å². The highest BCUT2D eigenvalue weighted by Gasteiger charge is 2.29. The minimum Gasteiger partial charge on any atom is -0.383 e. The lowest BCUT2D eigenvalue weighted by atomic mass is 10.1. The first-order valence-corrected chi connectivity index (χ1v) is 6.39. The van der Waals surface area contributed by atoms with Crippen LogP contribution < -0.4 is 5.32 Å². The number of hydrogen-bond donors (Lipinski definition) is 1. The summed E-state index contributed by atoms with van der Waals surface area (Å²) in [5, 5.41) is 18.7. The summed E-state index contributed by atoms with van der Waals surface area (Å²) in [4.78, 5) is 10.9. The molecule has 0 amide bonds. The molecule has 0 aliphatic rings. The average molecular weight is 270 g/mol. The predicted octanol–water partition coefficient (Wildman–Crippen LogP) is 2.29. The summed E-state index contributed by atoms with van der Waals surface area (Å²) >= 11 is 0. The number of nitrogens with zero attached hydrogens (tertiary/aromatic N) is 3. The number of methoxy groups -OCH3 is 1. The van der Waals surface area contributed by atoms with Crippen molar-refractivity contribution in [3.63, 3.8) is 0 Å². The van der Waals surface area contributed by atoms with Gasteiger partial charge in [-0.25, -0.2) is 4.68 Å². The second-order valence-corrected chi connectivity index (χ2v) is 4.82. The molecule has 1 heterocycles. The van der Waals surface area contributed by atoms with Crippen molar-refractivity contribution in [3.8, 4) is 0 Å². The van der Waals surface area contributed by atoms with Gasteiger partial charge < -0.3 is 10.1 Å². The van der Waals surface area contributed by atoms with Crippen LogP contribution in [0, 0.1) is 10.1 Å². The first-order valence-electron chi connectivity index (χ1n) is 6.39. The summed E-state index contributed by atoms with van der Waals surface area (Å²) < 4.78 is 6.63. The van der Waals surface area contributed by atoms with E-state index in [1.807, 2.05) is 20.8 Å². The Balaban J connectivity index is 3.15. The Morgan fingerprint density at radius 3 is 2.58 bits per heavy atom. The van der Waals surface area contributed by atoms with Gasteiger partial charge in [-0.1, -0.05) is 20.8 Å². The summed E-state index contributed by atoms with van der Waals surface area (Å²) in [5.74, 6) is 0.447. The Hall–Kier alpha value is -1.63. The Morgan fingerprint density at radius 2 is 2.16 bits per heavy atom. The molecule has 7 nitrogen and oxygen atoms in total. The SMILES string of the molecule is CCC(COC)Nc1c([N+](=O)[O-])c(C(C)C)nn1C. The van der Waals surface area contributed by atoms with E-state index in [1.165, 1.54) is 4.68 Å². The number of aryl methyl sites for hydroxylation is 1. The molecule has 0 bridgehead atoms. The zero-order valence-electron chi connectivity index (χ0n) is 12.1. The molecule has 0 fully saturated rings. The molecule has 0 aliphatic heterocycles. The average Bonchev–Trinajstić information content (AvgIpc) is 2.66. The van der Waals surface area contributed by atoms with Gasteiger partial charge in [0.2, 0.25) is 5.82 Å². The quantitative estimate of drug-likeness (QED) is 0.607. The third kappa shape index (κ3) is 3.44. The van der Waals surface area contributed by atoms with Crippen LogP contribution in [0.15, 0.2) is 0 Å². The summed E-state index contributed by atoms with van der Waals surface area (Å²) in [6.45, 7) is 6.29. The Kier molecular flexibility index (Phi) is 5.29. The normalized spacial score (nSPS) is 12.7.